The highest BCUT2D eigenvalue weighted by molar-refractivity contribution is 9.11. The zero-order chi connectivity index (χ0) is 23.1. The Hall–Kier alpha value is -2.75. The minimum atomic E-state index is -0.456. The van der Waals surface area contributed by atoms with Gasteiger partial charge in [0.1, 0.15) is 5.75 Å². The van der Waals surface area contributed by atoms with Crippen LogP contribution < -0.4 is 20.9 Å². The van der Waals surface area contributed by atoms with Crippen LogP contribution in [-0.2, 0) is 9.59 Å². The molecule has 0 aliphatic rings. The topological polar surface area (TPSA) is 79.5 Å². The molecule has 3 N–H and O–H groups in total. The van der Waals surface area contributed by atoms with E-state index in [1.165, 1.54) is 6.08 Å². The van der Waals surface area contributed by atoms with Gasteiger partial charge in [-0.15, -0.1) is 0 Å². The summed E-state index contributed by atoms with van der Waals surface area (Å²) in [7, 11) is 0. The normalized spacial score (nSPS) is 10.7. The van der Waals surface area contributed by atoms with E-state index in [9.17, 15) is 9.59 Å². The molecule has 0 saturated heterocycles. The summed E-state index contributed by atoms with van der Waals surface area (Å²) in [5.41, 5.74) is 6.65. The standard InChI is InChI=1S/C23H19Br2N3O3S/c1-14-11-17(24)12-19(25)22(14)31-13-21(30)27-28-23(32)26-20(29)10-9-16-7-4-6-15-5-2-3-8-18(15)16/h2-12H,13H2,1H3,(H,27,30)(H2,26,28,29,32)/b10-9+. The molecule has 0 aromatic heterocycles. The van der Waals surface area contributed by atoms with E-state index >= 15 is 0 Å². The van der Waals surface area contributed by atoms with Crippen molar-refractivity contribution in [2.75, 3.05) is 6.61 Å². The van der Waals surface area contributed by atoms with Crippen LogP contribution in [0.4, 0.5) is 0 Å². The van der Waals surface area contributed by atoms with E-state index < -0.39 is 11.8 Å². The lowest BCUT2D eigenvalue weighted by atomic mass is 10.0. The number of hydrazine groups is 1. The molecule has 0 bridgehead atoms. The summed E-state index contributed by atoms with van der Waals surface area (Å²) in [5.74, 6) is -0.310. The number of hydrogen-bond donors (Lipinski definition) is 3. The number of carbonyl (C=O) groups excluding carboxylic acids is 2. The molecule has 3 aromatic rings. The molecular formula is C23H19Br2N3O3S. The molecule has 9 heteroatoms. The zero-order valence-electron chi connectivity index (χ0n) is 16.9. The van der Waals surface area contributed by atoms with Gasteiger partial charge >= 0.3 is 0 Å². The first-order valence-corrected chi connectivity index (χ1v) is 11.5. The number of ether oxygens (including phenoxy) is 1. The molecule has 0 radical (unpaired) electrons. The number of thiocarbonyl (C=S) groups is 1. The highest BCUT2D eigenvalue weighted by Crippen LogP contribution is 2.32. The maximum Gasteiger partial charge on any atom is 0.276 e. The van der Waals surface area contributed by atoms with Gasteiger partial charge in [0, 0.05) is 10.5 Å². The van der Waals surface area contributed by atoms with Gasteiger partial charge in [-0.3, -0.25) is 25.8 Å². The van der Waals surface area contributed by atoms with Gasteiger partial charge in [-0.25, -0.2) is 0 Å². The molecule has 0 heterocycles. The van der Waals surface area contributed by atoms with Crippen molar-refractivity contribution in [1.29, 1.82) is 0 Å². The monoisotopic (exact) mass is 575 g/mol. The summed E-state index contributed by atoms with van der Waals surface area (Å²) in [6, 6.07) is 17.5. The number of amides is 2. The van der Waals surface area contributed by atoms with Crippen molar-refractivity contribution in [3.63, 3.8) is 0 Å². The lowest BCUT2D eigenvalue weighted by molar-refractivity contribution is -0.123. The van der Waals surface area contributed by atoms with E-state index in [-0.39, 0.29) is 11.7 Å². The third kappa shape index (κ3) is 6.62. The van der Waals surface area contributed by atoms with Gasteiger partial charge in [-0.2, -0.15) is 0 Å². The van der Waals surface area contributed by atoms with Crippen molar-refractivity contribution in [2.24, 2.45) is 0 Å². The minimum Gasteiger partial charge on any atom is -0.482 e. The van der Waals surface area contributed by atoms with Crippen molar-refractivity contribution in [3.8, 4) is 5.75 Å². The predicted molar refractivity (Wildman–Crippen MR) is 137 cm³/mol. The van der Waals surface area contributed by atoms with Gasteiger partial charge in [0.15, 0.2) is 11.7 Å². The molecule has 0 aliphatic carbocycles. The van der Waals surface area contributed by atoms with Crippen LogP contribution >= 0.6 is 44.1 Å². The first-order valence-electron chi connectivity index (χ1n) is 9.47. The summed E-state index contributed by atoms with van der Waals surface area (Å²) in [6.45, 7) is 1.64. The zero-order valence-corrected chi connectivity index (χ0v) is 20.9. The number of hydrogen-bond acceptors (Lipinski definition) is 4. The van der Waals surface area contributed by atoms with Crippen LogP contribution in [0.1, 0.15) is 11.1 Å². The number of halogens is 2. The average molecular weight is 577 g/mol. The Morgan fingerprint density at radius 3 is 2.59 bits per heavy atom. The van der Waals surface area contributed by atoms with Gasteiger partial charge in [0.25, 0.3) is 5.91 Å². The SMILES string of the molecule is Cc1cc(Br)cc(Br)c1OCC(=O)NNC(=S)NC(=O)/C=C/c1cccc2ccccc12. The number of nitrogens with one attached hydrogen (secondary N) is 3. The van der Waals surface area contributed by atoms with Crippen LogP contribution in [0, 0.1) is 6.92 Å². The fourth-order valence-electron chi connectivity index (χ4n) is 2.92. The average Bonchev–Trinajstić information content (AvgIpc) is 2.75. The quantitative estimate of drug-likeness (QED) is 0.231. The van der Waals surface area contributed by atoms with E-state index in [2.05, 4.69) is 48.0 Å². The summed E-state index contributed by atoms with van der Waals surface area (Å²) in [5, 5.41) is 4.57. The molecule has 0 atom stereocenters. The number of fused-ring (bicyclic) bond motifs is 1. The summed E-state index contributed by atoms with van der Waals surface area (Å²) in [6.07, 6.45) is 3.10. The molecule has 0 spiro atoms. The Balaban J connectivity index is 1.46. The molecule has 0 aliphatic heterocycles. The van der Waals surface area contributed by atoms with Crippen LogP contribution in [0.25, 0.3) is 16.8 Å². The Kier molecular flexibility index (Phi) is 8.38. The summed E-state index contributed by atoms with van der Waals surface area (Å²) >= 11 is 11.8. The molecule has 6 nitrogen and oxygen atoms in total. The fraction of sp³-hybridized carbons (Fsp3) is 0.0870. The Morgan fingerprint density at radius 1 is 1.06 bits per heavy atom. The van der Waals surface area contributed by atoms with Crippen molar-refractivity contribution in [3.05, 3.63) is 80.7 Å². The fourth-order valence-corrected chi connectivity index (χ4v) is 4.62. The Labute approximate surface area is 207 Å². The maximum absolute atomic E-state index is 12.1. The molecule has 0 fully saturated rings. The molecule has 3 aromatic carbocycles. The molecule has 0 unspecified atom stereocenters. The summed E-state index contributed by atoms with van der Waals surface area (Å²) < 4.78 is 7.19. The maximum atomic E-state index is 12.1. The van der Waals surface area contributed by atoms with Crippen LogP contribution in [0.5, 0.6) is 5.75 Å². The smallest absolute Gasteiger partial charge is 0.276 e. The van der Waals surface area contributed by atoms with E-state index in [1.807, 2.05) is 61.5 Å². The third-order valence-corrected chi connectivity index (χ3v) is 5.58. The van der Waals surface area contributed by atoms with E-state index in [4.69, 9.17) is 17.0 Å². The van der Waals surface area contributed by atoms with Crippen molar-refractivity contribution < 1.29 is 14.3 Å². The number of benzene rings is 3. The molecule has 2 amide bonds. The lowest BCUT2D eigenvalue weighted by Gasteiger charge is -2.13. The molecule has 3 rings (SSSR count). The van der Waals surface area contributed by atoms with Crippen molar-refractivity contribution in [2.45, 2.75) is 6.92 Å². The van der Waals surface area contributed by atoms with Crippen molar-refractivity contribution >= 4 is 77.9 Å². The van der Waals surface area contributed by atoms with Gasteiger partial charge in [-0.05, 0) is 75.2 Å². The molecule has 164 valence electrons. The Bertz CT molecular complexity index is 1190. The number of rotatable bonds is 5. The van der Waals surface area contributed by atoms with Gasteiger partial charge in [0.05, 0.1) is 4.47 Å². The van der Waals surface area contributed by atoms with Crippen molar-refractivity contribution in [1.82, 2.24) is 16.2 Å². The number of carbonyl (C=O) groups is 2. The first kappa shape index (κ1) is 23.9. The molecule has 32 heavy (non-hydrogen) atoms. The second kappa shape index (κ2) is 11.2. The predicted octanol–water partition coefficient (Wildman–Crippen LogP) is 4.79. The molecular weight excluding hydrogens is 558 g/mol. The van der Waals surface area contributed by atoms with Crippen LogP contribution in [-0.4, -0.2) is 23.5 Å². The second-order valence-electron chi connectivity index (χ2n) is 6.72. The minimum absolute atomic E-state index is 0.0353. The highest BCUT2D eigenvalue weighted by atomic mass is 79.9. The first-order chi connectivity index (χ1) is 15.3. The second-order valence-corrected chi connectivity index (χ2v) is 8.89. The van der Waals surface area contributed by atoms with Gasteiger partial charge in [-0.1, -0.05) is 58.4 Å². The van der Waals surface area contributed by atoms with E-state index in [0.29, 0.717) is 5.75 Å². The van der Waals surface area contributed by atoms with Crippen LogP contribution in [0.3, 0.4) is 0 Å². The van der Waals surface area contributed by atoms with E-state index in [1.54, 1.807) is 6.08 Å². The molecule has 0 saturated carbocycles. The van der Waals surface area contributed by atoms with Gasteiger partial charge in [0.2, 0.25) is 5.91 Å². The highest BCUT2D eigenvalue weighted by Gasteiger charge is 2.10. The van der Waals surface area contributed by atoms with E-state index in [0.717, 1.165) is 30.8 Å². The largest absolute Gasteiger partial charge is 0.482 e. The summed E-state index contributed by atoms with van der Waals surface area (Å²) in [4.78, 5) is 24.2. The Morgan fingerprint density at radius 2 is 1.81 bits per heavy atom. The lowest BCUT2D eigenvalue weighted by Crippen LogP contribution is -2.49. The van der Waals surface area contributed by atoms with Gasteiger partial charge < -0.3 is 4.74 Å². The third-order valence-electron chi connectivity index (χ3n) is 4.33. The number of aryl methyl sites for hydroxylation is 1. The van der Waals surface area contributed by atoms with Crippen LogP contribution in [0.15, 0.2) is 69.6 Å². The van der Waals surface area contributed by atoms with Crippen LogP contribution in [0.2, 0.25) is 0 Å².